The number of nitrogens with zero attached hydrogens (tertiary/aromatic N) is 1. The van der Waals surface area contributed by atoms with E-state index in [0.29, 0.717) is 12.4 Å². The summed E-state index contributed by atoms with van der Waals surface area (Å²) in [5.41, 5.74) is 1.18. The maximum Gasteiger partial charge on any atom is 0.199 e. The summed E-state index contributed by atoms with van der Waals surface area (Å²) in [6, 6.07) is 18.0. The normalized spacial score (nSPS) is 10.8. The van der Waals surface area contributed by atoms with Gasteiger partial charge in [0.25, 0.3) is 0 Å². The van der Waals surface area contributed by atoms with Gasteiger partial charge in [-0.2, -0.15) is 0 Å². The molecule has 0 spiro atoms. The second-order valence-corrected chi connectivity index (χ2v) is 4.15. The smallest absolute Gasteiger partial charge is 0.199 e. The molecule has 0 amide bonds. The minimum Gasteiger partial charge on any atom is -0.494 e. The van der Waals surface area contributed by atoms with Gasteiger partial charge in [-0.25, -0.2) is 0 Å². The van der Waals surface area contributed by atoms with E-state index in [1.807, 2.05) is 53.2 Å². The van der Waals surface area contributed by atoms with Crippen LogP contribution in [0.2, 0.25) is 0 Å². The van der Waals surface area contributed by atoms with Crippen LogP contribution >= 0.6 is 0 Å². The predicted octanol–water partition coefficient (Wildman–Crippen LogP) is 3.40. The van der Waals surface area contributed by atoms with Gasteiger partial charge in [-0.05, 0) is 11.6 Å². The maximum atomic E-state index is 10.1. The van der Waals surface area contributed by atoms with Gasteiger partial charge in [0.05, 0.1) is 6.54 Å². The van der Waals surface area contributed by atoms with Crippen molar-refractivity contribution in [3.8, 4) is 5.88 Å². The average Bonchev–Trinajstić information content (AvgIpc) is 2.68. The Morgan fingerprint density at radius 2 is 1.59 bits per heavy atom. The lowest BCUT2D eigenvalue weighted by molar-refractivity contribution is 0.430. The van der Waals surface area contributed by atoms with Gasteiger partial charge in [0.2, 0.25) is 0 Å². The molecule has 0 atom stereocenters. The Morgan fingerprint density at radius 3 is 2.35 bits per heavy atom. The fourth-order valence-electron chi connectivity index (χ4n) is 2.10. The van der Waals surface area contributed by atoms with Gasteiger partial charge in [0, 0.05) is 17.0 Å². The van der Waals surface area contributed by atoms with E-state index in [4.69, 9.17) is 0 Å². The summed E-state index contributed by atoms with van der Waals surface area (Å²) in [6.45, 7) is 0.696. The number of fused-ring (bicyclic) bond motifs is 1. The summed E-state index contributed by atoms with van der Waals surface area (Å²) >= 11 is 0. The van der Waals surface area contributed by atoms with Crippen LogP contribution in [0.25, 0.3) is 10.8 Å². The van der Waals surface area contributed by atoms with Crippen molar-refractivity contribution in [2.75, 3.05) is 0 Å². The largest absolute Gasteiger partial charge is 0.494 e. The molecule has 1 N–H and O–H groups in total. The third kappa shape index (κ3) is 1.78. The van der Waals surface area contributed by atoms with Gasteiger partial charge in [0.15, 0.2) is 5.88 Å². The number of benzene rings is 2. The molecule has 3 rings (SSSR count). The predicted molar refractivity (Wildman–Crippen MR) is 69.1 cm³/mol. The van der Waals surface area contributed by atoms with Crippen molar-refractivity contribution in [2.45, 2.75) is 6.54 Å². The van der Waals surface area contributed by atoms with Crippen molar-refractivity contribution < 1.29 is 5.11 Å². The van der Waals surface area contributed by atoms with Crippen LogP contribution in [-0.4, -0.2) is 9.67 Å². The number of aromatic hydroxyl groups is 1. The van der Waals surface area contributed by atoms with Gasteiger partial charge in [-0.1, -0.05) is 48.5 Å². The van der Waals surface area contributed by atoms with Crippen LogP contribution in [0.5, 0.6) is 5.88 Å². The first-order valence-electron chi connectivity index (χ1n) is 5.65. The van der Waals surface area contributed by atoms with Crippen LogP contribution in [0.15, 0.2) is 60.8 Å². The molecular weight excluding hydrogens is 210 g/mol. The van der Waals surface area contributed by atoms with E-state index in [1.165, 1.54) is 5.56 Å². The Balaban J connectivity index is 2.04. The Hall–Kier alpha value is -2.22. The number of rotatable bonds is 2. The zero-order valence-corrected chi connectivity index (χ0v) is 9.38. The monoisotopic (exact) mass is 223 g/mol. The average molecular weight is 223 g/mol. The minimum atomic E-state index is 0.337. The Labute approximate surface area is 99.7 Å². The lowest BCUT2D eigenvalue weighted by atomic mass is 10.2. The molecule has 0 aliphatic rings. The van der Waals surface area contributed by atoms with E-state index in [1.54, 1.807) is 0 Å². The molecule has 0 saturated carbocycles. The molecule has 0 unspecified atom stereocenters. The Kier molecular flexibility index (Phi) is 2.33. The zero-order valence-electron chi connectivity index (χ0n) is 9.38. The van der Waals surface area contributed by atoms with Crippen molar-refractivity contribution in [1.82, 2.24) is 4.57 Å². The van der Waals surface area contributed by atoms with Gasteiger partial charge in [0.1, 0.15) is 0 Å². The first-order valence-corrected chi connectivity index (χ1v) is 5.65. The van der Waals surface area contributed by atoms with E-state index in [2.05, 4.69) is 12.1 Å². The summed E-state index contributed by atoms with van der Waals surface area (Å²) < 4.78 is 1.88. The van der Waals surface area contributed by atoms with Gasteiger partial charge < -0.3 is 9.67 Å². The molecule has 0 radical (unpaired) electrons. The zero-order chi connectivity index (χ0) is 11.7. The van der Waals surface area contributed by atoms with Crippen molar-refractivity contribution in [2.24, 2.45) is 0 Å². The number of aromatic nitrogens is 1. The SMILES string of the molecule is Oc1c2ccccc2cn1Cc1ccccc1. The first kappa shape index (κ1) is 9.97. The topological polar surface area (TPSA) is 25.2 Å². The third-order valence-corrected chi connectivity index (χ3v) is 2.96. The molecule has 0 saturated heterocycles. The van der Waals surface area contributed by atoms with Crippen molar-refractivity contribution in [3.05, 3.63) is 66.4 Å². The van der Waals surface area contributed by atoms with E-state index in [0.717, 1.165) is 10.8 Å². The van der Waals surface area contributed by atoms with Crippen LogP contribution in [0, 0.1) is 0 Å². The lowest BCUT2D eigenvalue weighted by Crippen LogP contribution is -1.96. The highest BCUT2D eigenvalue weighted by atomic mass is 16.3. The molecule has 2 nitrogen and oxygen atoms in total. The second kappa shape index (κ2) is 3.98. The van der Waals surface area contributed by atoms with Gasteiger partial charge in [-0.15, -0.1) is 0 Å². The fraction of sp³-hybridized carbons (Fsp3) is 0.0667. The van der Waals surface area contributed by atoms with Crippen LogP contribution < -0.4 is 0 Å². The molecule has 0 aliphatic carbocycles. The summed E-state index contributed by atoms with van der Waals surface area (Å²) in [4.78, 5) is 0. The highest BCUT2D eigenvalue weighted by Gasteiger charge is 2.07. The van der Waals surface area contributed by atoms with Crippen LogP contribution in [-0.2, 0) is 6.54 Å². The lowest BCUT2D eigenvalue weighted by Gasteiger charge is -2.04. The number of hydrogen-bond acceptors (Lipinski definition) is 1. The van der Waals surface area contributed by atoms with Crippen LogP contribution in [0.1, 0.15) is 5.56 Å². The minimum absolute atomic E-state index is 0.337. The molecule has 2 aromatic carbocycles. The summed E-state index contributed by atoms with van der Waals surface area (Å²) in [5.74, 6) is 0.337. The highest BCUT2D eigenvalue weighted by molar-refractivity contribution is 5.87. The van der Waals surface area contributed by atoms with Crippen LogP contribution in [0.3, 0.4) is 0 Å². The molecule has 84 valence electrons. The van der Waals surface area contributed by atoms with Crippen molar-refractivity contribution in [1.29, 1.82) is 0 Å². The Morgan fingerprint density at radius 1 is 0.882 bits per heavy atom. The first-order chi connectivity index (χ1) is 8.34. The van der Waals surface area contributed by atoms with Crippen molar-refractivity contribution >= 4 is 10.8 Å². The van der Waals surface area contributed by atoms with Crippen molar-refractivity contribution in [3.63, 3.8) is 0 Å². The van der Waals surface area contributed by atoms with E-state index in [-0.39, 0.29) is 0 Å². The van der Waals surface area contributed by atoms with Crippen LogP contribution in [0.4, 0.5) is 0 Å². The molecule has 0 aliphatic heterocycles. The van der Waals surface area contributed by atoms with E-state index < -0.39 is 0 Å². The molecule has 1 heterocycles. The summed E-state index contributed by atoms with van der Waals surface area (Å²) in [7, 11) is 0. The van der Waals surface area contributed by atoms with E-state index >= 15 is 0 Å². The molecule has 0 fully saturated rings. The quantitative estimate of drug-likeness (QED) is 0.707. The standard InChI is InChI=1S/C15H13NO/c17-15-14-9-5-4-8-13(14)11-16(15)10-12-6-2-1-3-7-12/h1-9,11,17H,10H2. The highest BCUT2D eigenvalue weighted by Crippen LogP contribution is 2.27. The van der Waals surface area contributed by atoms with Gasteiger partial charge >= 0.3 is 0 Å². The summed E-state index contributed by atoms with van der Waals surface area (Å²) in [5, 5.41) is 12.1. The molecule has 3 aromatic rings. The number of hydrogen-bond donors (Lipinski definition) is 1. The molecule has 2 heteroatoms. The molecule has 1 aromatic heterocycles. The van der Waals surface area contributed by atoms with Gasteiger partial charge in [-0.3, -0.25) is 0 Å². The molecule has 0 bridgehead atoms. The Bertz CT molecular complexity index is 640. The molecule has 17 heavy (non-hydrogen) atoms. The third-order valence-electron chi connectivity index (χ3n) is 2.96. The van der Waals surface area contributed by atoms with E-state index in [9.17, 15) is 5.11 Å². The second-order valence-electron chi connectivity index (χ2n) is 4.15. The maximum absolute atomic E-state index is 10.1. The fourth-order valence-corrected chi connectivity index (χ4v) is 2.10. The summed E-state index contributed by atoms with van der Waals surface area (Å²) in [6.07, 6.45) is 1.98. The molecular formula is C15H13NO.